The van der Waals surface area contributed by atoms with Crippen molar-refractivity contribution in [3.05, 3.63) is 47.8 Å². The number of rotatable bonds is 6. The molecule has 2 N–H and O–H groups in total. The molecule has 0 radical (unpaired) electrons. The standard InChI is InChI=1S/C26H32N8O3/c1-3-27-26(35)29-19-7-5-18(6-8-19)23-30-21-17-34(25-28-11-9-22(31-25)36-2)13-10-20(21)24(32-23)33-12-4-15-37-16-14-33/h5-9,11H,3-4,10,12-17H2,1-2H3,(H2,27,29,35). The van der Waals surface area contributed by atoms with Crippen molar-refractivity contribution in [2.45, 2.75) is 26.3 Å². The number of anilines is 3. The fourth-order valence-electron chi connectivity index (χ4n) is 4.57. The molecule has 0 atom stereocenters. The Morgan fingerprint density at radius 1 is 1.05 bits per heavy atom. The lowest BCUT2D eigenvalue weighted by Crippen LogP contribution is -2.36. The van der Waals surface area contributed by atoms with Crippen LogP contribution in [0.1, 0.15) is 24.6 Å². The first-order valence-electron chi connectivity index (χ1n) is 12.6. The van der Waals surface area contributed by atoms with Crippen molar-refractivity contribution in [3.8, 4) is 17.3 Å². The molecule has 0 aliphatic carbocycles. The van der Waals surface area contributed by atoms with Gasteiger partial charge in [-0.25, -0.2) is 19.7 Å². The maximum atomic E-state index is 11.9. The fourth-order valence-corrected chi connectivity index (χ4v) is 4.57. The number of fused-ring (bicyclic) bond motifs is 1. The highest BCUT2D eigenvalue weighted by Gasteiger charge is 2.27. The van der Waals surface area contributed by atoms with Crippen molar-refractivity contribution in [1.82, 2.24) is 25.3 Å². The molecule has 0 spiro atoms. The Kier molecular flexibility index (Phi) is 7.59. The molecule has 3 aromatic rings. The van der Waals surface area contributed by atoms with Crippen LogP contribution in [0.2, 0.25) is 0 Å². The summed E-state index contributed by atoms with van der Waals surface area (Å²) in [4.78, 5) is 35.4. The van der Waals surface area contributed by atoms with Crippen LogP contribution in [0.25, 0.3) is 11.4 Å². The molecule has 5 rings (SSSR count). The summed E-state index contributed by atoms with van der Waals surface area (Å²) in [5, 5.41) is 5.57. The molecule has 194 valence electrons. The number of hydrogen-bond donors (Lipinski definition) is 2. The molecule has 1 saturated heterocycles. The molecule has 1 aromatic carbocycles. The van der Waals surface area contributed by atoms with Crippen LogP contribution in [-0.2, 0) is 17.7 Å². The predicted molar refractivity (Wildman–Crippen MR) is 141 cm³/mol. The lowest BCUT2D eigenvalue weighted by atomic mass is 10.0. The molecule has 37 heavy (non-hydrogen) atoms. The van der Waals surface area contributed by atoms with E-state index in [-0.39, 0.29) is 6.03 Å². The van der Waals surface area contributed by atoms with Gasteiger partial charge in [-0.2, -0.15) is 4.98 Å². The molecule has 1 fully saturated rings. The SMILES string of the molecule is CCNC(=O)Nc1ccc(-c2nc3c(c(N4CCCOCC4)n2)CCN(c2nccc(OC)n2)C3)cc1. The van der Waals surface area contributed by atoms with Crippen LogP contribution in [0.3, 0.4) is 0 Å². The van der Waals surface area contributed by atoms with Gasteiger partial charge in [0.1, 0.15) is 5.82 Å². The number of methoxy groups -OCH3 is 1. The lowest BCUT2D eigenvalue weighted by molar-refractivity contribution is 0.152. The highest BCUT2D eigenvalue weighted by atomic mass is 16.5. The maximum Gasteiger partial charge on any atom is 0.319 e. The summed E-state index contributed by atoms with van der Waals surface area (Å²) in [5.74, 6) is 2.78. The van der Waals surface area contributed by atoms with E-state index in [0.717, 1.165) is 56.2 Å². The van der Waals surface area contributed by atoms with E-state index in [1.165, 1.54) is 5.56 Å². The molecular formula is C26H32N8O3. The number of benzene rings is 1. The molecule has 11 heteroatoms. The number of ether oxygens (including phenoxy) is 2. The van der Waals surface area contributed by atoms with Gasteiger partial charge in [0.2, 0.25) is 11.8 Å². The van der Waals surface area contributed by atoms with Gasteiger partial charge < -0.3 is 29.9 Å². The van der Waals surface area contributed by atoms with Crippen LogP contribution in [-0.4, -0.2) is 72.5 Å². The second kappa shape index (κ2) is 11.4. The largest absolute Gasteiger partial charge is 0.481 e. The van der Waals surface area contributed by atoms with E-state index in [0.29, 0.717) is 43.0 Å². The van der Waals surface area contributed by atoms with Crippen LogP contribution < -0.4 is 25.2 Å². The maximum absolute atomic E-state index is 11.9. The monoisotopic (exact) mass is 504 g/mol. The molecule has 2 aliphatic rings. The molecular weight excluding hydrogens is 472 g/mol. The van der Waals surface area contributed by atoms with E-state index in [9.17, 15) is 4.79 Å². The molecule has 2 aromatic heterocycles. The highest BCUT2D eigenvalue weighted by molar-refractivity contribution is 5.89. The average molecular weight is 505 g/mol. The number of nitrogens with zero attached hydrogens (tertiary/aromatic N) is 6. The minimum Gasteiger partial charge on any atom is -0.481 e. The summed E-state index contributed by atoms with van der Waals surface area (Å²) in [6, 6.07) is 9.11. The van der Waals surface area contributed by atoms with Gasteiger partial charge in [-0.1, -0.05) is 0 Å². The zero-order valence-corrected chi connectivity index (χ0v) is 21.2. The lowest BCUT2D eigenvalue weighted by Gasteiger charge is -2.32. The van der Waals surface area contributed by atoms with E-state index in [2.05, 4.69) is 30.4 Å². The molecule has 11 nitrogen and oxygen atoms in total. The Bertz CT molecular complexity index is 1230. The van der Waals surface area contributed by atoms with Crippen molar-refractivity contribution >= 4 is 23.5 Å². The van der Waals surface area contributed by atoms with Crippen LogP contribution in [0.5, 0.6) is 5.88 Å². The summed E-state index contributed by atoms with van der Waals surface area (Å²) in [6.45, 7) is 6.91. The van der Waals surface area contributed by atoms with E-state index >= 15 is 0 Å². The third kappa shape index (κ3) is 5.72. The molecule has 2 amide bonds. The molecule has 0 saturated carbocycles. The predicted octanol–water partition coefficient (Wildman–Crippen LogP) is 2.87. The third-order valence-electron chi connectivity index (χ3n) is 6.41. The van der Waals surface area contributed by atoms with Crippen molar-refractivity contribution in [2.24, 2.45) is 0 Å². The molecule has 0 bridgehead atoms. The molecule has 0 unspecified atom stereocenters. The number of nitrogens with one attached hydrogen (secondary N) is 2. The van der Waals surface area contributed by atoms with Gasteiger partial charge in [0, 0.05) is 61.9 Å². The average Bonchev–Trinajstić information content (AvgIpc) is 3.22. The van der Waals surface area contributed by atoms with E-state index in [4.69, 9.17) is 19.4 Å². The van der Waals surface area contributed by atoms with E-state index < -0.39 is 0 Å². The number of carbonyl (C=O) groups is 1. The second-order valence-corrected chi connectivity index (χ2v) is 8.88. The third-order valence-corrected chi connectivity index (χ3v) is 6.41. The first-order valence-corrected chi connectivity index (χ1v) is 12.6. The summed E-state index contributed by atoms with van der Waals surface area (Å²) >= 11 is 0. The van der Waals surface area contributed by atoms with Crippen LogP contribution in [0.15, 0.2) is 36.5 Å². The number of carbonyl (C=O) groups excluding carboxylic acids is 1. The summed E-state index contributed by atoms with van der Waals surface area (Å²) in [5.41, 5.74) is 3.72. The molecule has 4 heterocycles. The van der Waals surface area contributed by atoms with Gasteiger partial charge in [-0.05, 0) is 44.0 Å². The van der Waals surface area contributed by atoms with Crippen LogP contribution in [0, 0.1) is 0 Å². The van der Waals surface area contributed by atoms with Crippen molar-refractivity contribution < 1.29 is 14.3 Å². The Morgan fingerprint density at radius 3 is 2.73 bits per heavy atom. The van der Waals surface area contributed by atoms with Gasteiger partial charge in [0.25, 0.3) is 0 Å². The van der Waals surface area contributed by atoms with Gasteiger partial charge in [-0.15, -0.1) is 0 Å². The Morgan fingerprint density at radius 2 is 1.92 bits per heavy atom. The van der Waals surface area contributed by atoms with Gasteiger partial charge in [0.05, 0.1) is 26.0 Å². The summed E-state index contributed by atoms with van der Waals surface area (Å²) in [7, 11) is 1.60. The zero-order valence-electron chi connectivity index (χ0n) is 21.2. The first kappa shape index (κ1) is 24.7. The Labute approximate surface area is 216 Å². The topological polar surface area (TPSA) is 118 Å². The zero-order chi connectivity index (χ0) is 25.6. The number of hydrogen-bond acceptors (Lipinski definition) is 9. The molecule has 2 aliphatic heterocycles. The smallest absolute Gasteiger partial charge is 0.319 e. The normalized spacial score (nSPS) is 15.5. The number of aromatic nitrogens is 4. The number of amides is 2. The minimum absolute atomic E-state index is 0.231. The van der Waals surface area contributed by atoms with E-state index in [1.54, 1.807) is 19.4 Å². The van der Waals surface area contributed by atoms with Crippen molar-refractivity contribution in [2.75, 3.05) is 61.6 Å². The first-order chi connectivity index (χ1) is 18.1. The Balaban J connectivity index is 1.48. The van der Waals surface area contributed by atoms with Crippen LogP contribution in [0.4, 0.5) is 22.2 Å². The highest BCUT2D eigenvalue weighted by Crippen LogP contribution is 2.31. The number of urea groups is 1. The van der Waals surface area contributed by atoms with Crippen molar-refractivity contribution in [1.29, 1.82) is 0 Å². The van der Waals surface area contributed by atoms with Crippen molar-refractivity contribution in [3.63, 3.8) is 0 Å². The van der Waals surface area contributed by atoms with Gasteiger partial charge in [-0.3, -0.25) is 0 Å². The minimum atomic E-state index is -0.231. The van der Waals surface area contributed by atoms with Gasteiger partial charge in [0.15, 0.2) is 5.82 Å². The summed E-state index contributed by atoms with van der Waals surface area (Å²) in [6.07, 6.45) is 3.46. The van der Waals surface area contributed by atoms with Crippen LogP contribution >= 0.6 is 0 Å². The quantitative estimate of drug-likeness (QED) is 0.522. The summed E-state index contributed by atoms with van der Waals surface area (Å²) < 4.78 is 11.0. The van der Waals surface area contributed by atoms with Gasteiger partial charge >= 0.3 is 6.03 Å². The second-order valence-electron chi connectivity index (χ2n) is 8.88. The Hall–Kier alpha value is -3.99. The van der Waals surface area contributed by atoms with E-state index in [1.807, 2.05) is 31.2 Å². The fraction of sp³-hybridized carbons (Fsp3) is 0.423.